The molecule has 0 heterocycles. The Labute approximate surface area is 88.0 Å². The van der Waals surface area contributed by atoms with E-state index >= 15 is 0 Å². The first kappa shape index (κ1) is 11.5. The average molecular weight is 196 g/mol. The van der Waals surface area contributed by atoms with Crippen LogP contribution in [0.15, 0.2) is 4.99 Å². The molecule has 0 atom stereocenters. The minimum absolute atomic E-state index is 0.441. The molecule has 1 aliphatic carbocycles. The molecule has 14 heavy (non-hydrogen) atoms. The molecular formula is C12H24N2. The maximum atomic E-state index is 5.81. The number of nitrogens with zero attached hydrogens (tertiary/aromatic N) is 1. The lowest BCUT2D eigenvalue weighted by Crippen LogP contribution is -2.25. The molecule has 0 aromatic heterocycles. The zero-order chi connectivity index (χ0) is 10.4. The zero-order valence-electron chi connectivity index (χ0n) is 9.68. The first-order valence-electron chi connectivity index (χ1n) is 5.95. The van der Waals surface area contributed by atoms with Gasteiger partial charge in [-0.3, -0.25) is 4.99 Å². The van der Waals surface area contributed by atoms with E-state index in [9.17, 15) is 0 Å². The highest BCUT2D eigenvalue weighted by molar-refractivity contribution is 5.80. The van der Waals surface area contributed by atoms with E-state index in [1.54, 1.807) is 0 Å². The van der Waals surface area contributed by atoms with Gasteiger partial charge in [0.05, 0.1) is 5.84 Å². The summed E-state index contributed by atoms with van der Waals surface area (Å²) in [6.07, 6.45) is 8.87. The fourth-order valence-corrected chi connectivity index (χ4v) is 2.19. The van der Waals surface area contributed by atoms with Crippen LogP contribution in [0.5, 0.6) is 0 Å². The van der Waals surface area contributed by atoms with Gasteiger partial charge in [-0.05, 0) is 24.7 Å². The summed E-state index contributed by atoms with van der Waals surface area (Å²) in [5, 5.41) is 0. The number of hydrogen-bond donors (Lipinski definition) is 1. The van der Waals surface area contributed by atoms with E-state index in [1.165, 1.54) is 32.1 Å². The van der Waals surface area contributed by atoms with Crippen LogP contribution in [-0.2, 0) is 0 Å². The molecule has 0 spiro atoms. The Hall–Kier alpha value is -0.530. The minimum Gasteiger partial charge on any atom is -0.387 e. The molecule has 0 radical (unpaired) electrons. The topological polar surface area (TPSA) is 38.4 Å². The van der Waals surface area contributed by atoms with E-state index in [1.807, 2.05) is 0 Å². The lowest BCUT2D eigenvalue weighted by atomic mass is 9.76. The van der Waals surface area contributed by atoms with Gasteiger partial charge in [0.15, 0.2) is 0 Å². The highest BCUT2D eigenvalue weighted by Gasteiger charge is 2.26. The smallest absolute Gasteiger partial charge is 0.0937 e. The quantitative estimate of drug-likeness (QED) is 0.544. The second kappa shape index (κ2) is 5.38. The van der Waals surface area contributed by atoms with Gasteiger partial charge in [-0.25, -0.2) is 0 Å². The molecule has 0 unspecified atom stereocenters. The van der Waals surface area contributed by atoms with Crippen LogP contribution in [0.2, 0.25) is 0 Å². The summed E-state index contributed by atoms with van der Waals surface area (Å²) in [6.45, 7) is 5.44. The molecule has 2 nitrogen and oxygen atoms in total. The van der Waals surface area contributed by atoms with Crippen LogP contribution in [-0.4, -0.2) is 12.4 Å². The minimum atomic E-state index is 0.441. The lowest BCUT2D eigenvalue weighted by molar-refractivity contribution is 0.227. The van der Waals surface area contributed by atoms with E-state index in [4.69, 9.17) is 5.73 Å². The van der Waals surface area contributed by atoms with Crippen molar-refractivity contribution in [1.82, 2.24) is 0 Å². The van der Waals surface area contributed by atoms with Crippen molar-refractivity contribution in [2.75, 3.05) is 6.54 Å². The molecule has 1 saturated carbocycles. The average Bonchev–Trinajstić information content (AvgIpc) is 2.17. The van der Waals surface area contributed by atoms with Crippen LogP contribution < -0.4 is 5.73 Å². The third-order valence-electron chi connectivity index (χ3n) is 3.23. The summed E-state index contributed by atoms with van der Waals surface area (Å²) in [5.74, 6) is 0.847. The van der Waals surface area contributed by atoms with Crippen molar-refractivity contribution in [2.45, 2.75) is 58.8 Å². The number of hydrogen-bond acceptors (Lipinski definition) is 1. The number of aliphatic imine (C=N–C) groups is 1. The van der Waals surface area contributed by atoms with E-state index in [-0.39, 0.29) is 0 Å². The summed E-state index contributed by atoms with van der Waals surface area (Å²) < 4.78 is 0. The van der Waals surface area contributed by atoms with Crippen LogP contribution >= 0.6 is 0 Å². The summed E-state index contributed by atoms with van der Waals surface area (Å²) in [4.78, 5) is 4.50. The largest absolute Gasteiger partial charge is 0.387 e. The molecule has 0 bridgehead atoms. The number of rotatable bonds is 4. The molecule has 1 rings (SSSR count). The highest BCUT2D eigenvalue weighted by Crippen LogP contribution is 2.35. The van der Waals surface area contributed by atoms with Gasteiger partial charge in [-0.15, -0.1) is 0 Å². The second-order valence-electron chi connectivity index (χ2n) is 4.93. The molecule has 2 N–H and O–H groups in total. The van der Waals surface area contributed by atoms with E-state index in [2.05, 4.69) is 18.8 Å². The van der Waals surface area contributed by atoms with Gasteiger partial charge >= 0.3 is 0 Å². The standard InChI is InChI=1S/C12H24N2/c1-3-7-11(13)14-10-12(2)8-5-4-6-9-12/h3-10H2,1-2H3,(H2,13,14). The van der Waals surface area contributed by atoms with Gasteiger partial charge in [0, 0.05) is 13.0 Å². The Bertz CT molecular complexity index is 190. The van der Waals surface area contributed by atoms with Crippen molar-refractivity contribution in [3.05, 3.63) is 0 Å². The van der Waals surface area contributed by atoms with E-state index < -0.39 is 0 Å². The first-order chi connectivity index (χ1) is 6.66. The highest BCUT2D eigenvalue weighted by atomic mass is 14.9. The SMILES string of the molecule is CCCC(N)=NCC1(C)CCCCC1. The summed E-state index contributed by atoms with van der Waals surface area (Å²) in [6, 6.07) is 0. The van der Waals surface area contributed by atoms with Crippen molar-refractivity contribution in [3.63, 3.8) is 0 Å². The maximum Gasteiger partial charge on any atom is 0.0937 e. The van der Waals surface area contributed by atoms with Crippen molar-refractivity contribution < 1.29 is 0 Å². The van der Waals surface area contributed by atoms with Gasteiger partial charge in [-0.1, -0.05) is 33.1 Å². The zero-order valence-corrected chi connectivity index (χ0v) is 9.68. The fourth-order valence-electron chi connectivity index (χ4n) is 2.19. The van der Waals surface area contributed by atoms with Gasteiger partial charge in [0.2, 0.25) is 0 Å². The molecule has 1 fully saturated rings. The Morgan fingerprint density at radius 3 is 2.50 bits per heavy atom. The van der Waals surface area contributed by atoms with Crippen molar-refractivity contribution in [2.24, 2.45) is 16.1 Å². The Balaban J connectivity index is 2.37. The Morgan fingerprint density at radius 2 is 1.93 bits per heavy atom. The van der Waals surface area contributed by atoms with Crippen LogP contribution in [0.3, 0.4) is 0 Å². The van der Waals surface area contributed by atoms with Crippen molar-refractivity contribution in [1.29, 1.82) is 0 Å². The maximum absolute atomic E-state index is 5.81. The Kier molecular flexibility index (Phi) is 4.43. The lowest BCUT2D eigenvalue weighted by Gasteiger charge is -2.32. The molecule has 0 aromatic rings. The van der Waals surface area contributed by atoms with Crippen LogP contribution in [0.4, 0.5) is 0 Å². The van der Waals surface area contributed by atoms with E-state index in [0.717, 1.165) is 25.2 Å². The number of nitrogens with two attached hydrogens (primary N) is 1. The second-order valence-corrected chi connectivity index (χ2v) is 4.93. The monoisotopic (exact) mass is 196 g/mol. The summed E-state index contributed by atoms with van der Waals surface area (Å²) in [5.41, 5.74) is 6.25. The fraction of sp³-hybridized carbons (Fsp3) is 0.917. The summed E-state index contributed by atoms with van der Waals surface area (Å²) >= 11 is 0. The molecule has 0 aromatic carbocycles. The first-order valence-corrected chi connectivity index (χ1v) is 5.95. The van der Waals surface area contributed by atoms with Crippen molar-refractivity contribution >= 4 is 5.84 Å². The van der Waals surface area contributed by atoms with Gasteiger partial charge < -0.3 is 5.73 Å². The van der Waals surface area contributed by atoms with Gasteiger partial charge in [0.1, 0.15) is 0 Å². The molecule has 2 heteroatoms. The molecule has 0 aliphatic heterocycles. The molecule has 0 saturated heterocycles. The third-order valence-corrected chi connectivity index (χ3v) is 3.23. The van der Waals surface area contributed by atoms with Crippen LogP contribution in [0.1, 0.15) is 58.8 Å². The van der Waals surface area contributed by atoms with Crippen LogP contribution in [0, 0.1) is 5.41 Å². The molecule has 0 amide bonds. The van der Waals surface area contributed by atoms with Crippen LogP contribution in [0.25, 0.3) is 0 Å². The normalized spacial score (nSPS) is 22.3. The van der Waals surface area contributed by atoms with Gasteiger partial charge in [0.25, 0.3) is 0 Å². The summed E-state index contributed by atoms with van der Waals surface area (Å²) in [7, 11) is 0. The Morgan fingerprint density at radius 1 is 1.29 bits per heavy atom. The predicted molar refractivity (Wildman–Crippen MR) is 62.6 cm³/mol. The van der Waals surface area contributed by atoms with Gasteiger partial charge in [-0.2, -0.15) is 0 Å². The molecular weight excluding hydrogens is 172 g/mol. The molecule has 82 valence electrons. The third kappa shape index (κ3) is 3.69. The predicted octanol–water partition coefficient (Wildman–Crippen LogP) is 3.11. The van der Waals surface area contributed by atoms with E-state index in [0.29, 0.717) is 5.41 Å². The molecule has 1 aliphatic rings. The number of amidine groups is 1. The van der Waals surface area contributed by atoms with Crippen molar-refractivity contribution in [3.8, 4) is 0 Å².